The number of nitrogens with zero attached hydrogens (tertiary/aromatic N) is 1. The molecule has 3 rings (SSSR count). The number of thiazole rings is 1. The molecule has 0 saturated carbocycles. The topological polar surface area (TPSA) is 77.5 Å². The van der Waals surface area contributed by atoms with Crippen molar-refractivity contribution in [2.75, 3.05) is 19.0 Å². The van der Waals surface area contributed by atoms with Gasteiger partial charge in [0.25, 0.3) is 5.91 Å². The minimum Gasteiger partial charge on any atom is -0.494 e. The van der Waals surface area contributed by atoms with E-state index in [2.05, 4.69) is 10.3 Å². The van der Waals surface area contributed by atoms with E-state index < -0.39 is 5.82 Å². The average Bonchev–Trinajstić information content (AvgIpc) is 3.20. The van der Waals surface area contributed by atoms with E-state index in [0.717, 1.165) is 0 Å². The zero-order chi connectivity index (χ0) is 20.8. The van der Waals surface area contributed by atoms with E-state index in [1.807, 2.05) is 0 Å². The van der Waals surface area contributed by atoms with Gasteiger partial charge < -0.3 is 9.47 Å². The number of amides is 1. The second kappa shape index (κ2) is 9.29. The van der Waals surface area contributed by atoms with Crippen molar-refractivity contribution >= 4 is 28.2 Å². The Morgan fingerprint density at radius 3 is 2.59 bits per heavy atom. The maximum atomic E-state index is 13.8. The van der Waals surface area contributed by atoms with Crippen LogP contribution in [0.2, 0.25) is 0 Å². The summed E-state index contributed by atoms with van der Waals surface area (Å²) < 4.78 is 24.2. The number of rotatable bonds is 8. The molecule has 0 fully saturated rings. The van der Waals surface area contributed by atoms with E-state index in [1.54, 1.807) is 42.6 Å². The molecule has 1 aromatic heterocycles. The zero-order valence-corrected chi connectivity index (χ0v) is 16.7. The molecule has 0 saturated heterocycles. The Morgan fingerprint density at radius 2 is 1.93 bits per heavy atom. The lowest BCUT2D eigenvalue weighted by atomic mass is 10.1. The van der Waals surface area contributed by atoms with Gasteiger partial charge in [0.05, 0.1) is 12.8 Å². The first-order valence-corrected chi connectivity index (χ1v) is 9.73. The van der Waals surface area contributed by atoms with Crippen molar-refractivity contribution in [2.24, 2.45) is 0 Å². The van der Waals surface area contributed by atoms with E-state index in [-0.39, 0.29) is 24.0 Å². The maximum absolute atomic E-state index is 13.8. The SMILES string of the molecule is CCC(=O)c1ccc(OCC(=O)Nc2nc(-c3ccc(OC)c(F)c3)cs2)cc1. The van der Waals surface area contributed by atoms with Crippen molar-refractivity contribution in [1.82, 2.24) is 4.98 Å². The second-order valence-electron chi connectivity index (χ2n) is 6.03. The highest BCUT2D eigenvalue weighted by atomic mass is 32.1. The number of benzene rings is 2. The molecule has 0 atom stereocenters. The first-order chi connectivity index (χ1) is 14.0. The van der Waals surface area contributed by atoms with Crippen LogP contribution < -0.4 is 14.8 Å². The van der Waals surface area contributed by atoms with Crippen LogP contribution in [0.25, 0.3) is 11.3 Å². The molecule has 3 aromatic rings. The fraction of sp³-hybridized carbons (Fsp3) is 0.190. The van der Waals surface area contributed by atoms with Gasteiger partial charge >= 0.3 is 0 Å². The van der Waals surface area contributed by atoms with Crippen LogP contribution >= 0.6 is 11.3 Å². The van der Waals surface area contributed by atoms with E-state index in [4.69, 9.17) is 9.47 Å². The number of carbonyl (C=O) groups is 2. The molecule has 0 bridgehead atoms. The third kappa shape index (κ3) is 5.17. The average molecular weight is 414 g/mol. The summed E-state index contributed by atoms with van der Waals surface area (Å²) in [7, 11) is 1.40. The van der Waals surface area contributed by atoms with Crippen molar-refractivity contribution < 1.29 is 23.5 Å². The molecule has 2 aromatic carbocycles. The van der Waals surface area contributed by atoms with Crippen LogP contribution in [0.4, 0.5) is 9.52 Å². The molecule has 1 N–H and O–H groups in total. The largest absolute Gasteiger partial charge is 0.494 e. The van der Waals surface area contributed by atoms with Crippen LogP contribution in [0.5, 0.6) is 11.5 Å². The third-order valence-corrected chi connectivity index (χ3v) is 4.82. The zero-order valence-electron chi connectivity index (χ0n) is 15.9. The van der Waals surface area contributed by atoms with Gasteiger partial charge in [-0.05, 0) is 42.5 Å². The summed E-state index contributed by atoms with van der Waals surface area (Å²) >= 11 is 1.23. The normalized spacial score (nSPS) is 10.4. The molecule has 6 nitrogen and oxygen atoms in total. The highest BCUT2D eigenvalue weighted by Crippen LogP contribution is 2.28. The molecule has 0 spiro atoms. The molecular formula is C21H19FN2O4S. The number of Topliss-reactive ketones (excluding diaryl/α,β-unsaturated/α-hetero) is 1. The number of ketones is 1. The molecule has 1 heterocycles. The minimum absolute atomic E-state index is 0.0469. The summed E-state index contributed by atoms with van der Waals surface area (Å²) in [4.78, 5) is 28.0. The Labute approximate surface area is 171 Å². The molecule has 150 valence electrons. The van der Waals surface area contributed by atoms with E-state index >= 15 is 0 Å². The highest BCUT2D eigenvalue weighted by molar-refractivity contribution is 7.14. The first-order valence-electron chi connectivity index (χ1n) is 8.85. The predicted octanol–water partition coefficient (Wildman–Crippen LogP) is 4.57. The Kier molecular flexibility index (Phi) is 6.56. The van der Waals surface area contributed by atoms with Crippen molar-refractivity contribution in [3.63, 3.8) is 0 Å². The Bertz CT molecular complexity index is 1020. The van der Waals surface area contributed by atoms with Crippen LogP contribution in [-0.4, -0.2) is 30.4 Å². The lowest BCUT2D eigenvalue weighted by Crippen LogP contribution is -2.20. The van der Waals surface area contributed by atoms with Crippen LogP contribution in [0.15, 0.2) is 47.8 Å². The van der Waals surface area contributed by atoms with Crippen molar-refractivity contribution in [1.29, 1.82) is 0 Å². The van der Waals surface area contributed by atoms with Gasteiger partial charge in [0.15, 0.2) is 29.1 Å². The van der Waals surface area contributed by atoms with Gasteiger partial charge in [-0.15, -0.1) is 11.3 Å². The summed E-state index contributed by atoms with van der Waals surface area (Å²) in [6.45, 7) is 1.60. The molecular weight excluding hydrogens is 395 g/mol. The second-order valence-corrected chi connectivity index (χ2v) is 6.88. The first kappa shape index (κ1) is 20.5. The fourth-order valence-corrected chi connectivity index (χ4v) is 3.27. The number of halogens is 1. The summed E-state index contributed by atoms with van der Waals surface area (Å²) in [5, 5.41) is 4.76. The van der Waals surface area contributed by atoms with Crippen LogP contribution in [0.3, 0.4) is 0 Å². The van der Waals surface area contributed by atoms with Gasteiger partial charge in [-0.1, -0.05) is 6.92 Å². The number of aromatic nitrogens is 1. The fourth-order valence-electron chi connectivity index (χ4n) is 2.53. The van der Waals surface area contributed by atoms with Gasteiger partial charge in [0.1, 0.15) is 5.75 Å². The third-order valence-electron chi connectivity index (χ3n) is 4.07. The van der Waals surface area contributed by atoms with Gasteiger partial charge in [-0.3, -0.25) is 14.9 Å². The Morgan fingerprint density at radius 1 is 1.17 bits per heavy atom. The van der Waals surface area contributed by atoms with Crippen LogP contribution in [-0.2, 0) is 4.79 Å². The van der Waals surface area contributed by atoms with Crippen LogP contribution in [0.1, 0.15) is 23.7 Å². The monoisotopic (exact) mass is 414 g/mol. The maximum Gasteiger partial charge on any atom is 0.264 e. The highest BCUT2D eigenvalue weighted by Gasteiger charge is 2.11. The number of anilines is 1. The van der Waals surface area contributed by atoms with Crippen LogP contribution in [0, 0.1) is 5.82 Å². The summed E-state index contributed by atoms with van der Waals surface area (Å²) in [6.07, 6.45) is 0.432. The van der Waals surface area contributed by atoms with Crippen molar-refractivity contribution in [3.8, 4) is 22.8 Å². The molecule has 0 unspecified atom stereocenters. The number of methoxy groups -OCH3 is 1. The summed E-state index contributed by atoms with van der Waals surface area (Å²) in [5.41, 5.74) is 1.73. The summed E-state index contributed by atoms with van der Waals surface area (Å²) in [6, 6.07) is 11.2. The van der Waals surface area contributed by atoms with Crippen molar-refractivity contribution in [2.45, 2.75) is 13.3 Å². The van der Waals surface area contributed by atoms with E-state index in [1.165, 1.54) is 30.6 Å². The standard InChI is InChI=1S/C21H19FN2O4S/c1-3-18(25)13-4-7-15(8-5-13)28-11-20(26)24-21-23-17(12-29-21)14-6-9-19(27-2)16(22)10-14/h4-10,12H,3,11H2,1-2H3,(H,23,24,26). The lowest BCUT2D eigenvalue weighted by molar-refractivity contribution is -0.118. The molecule has 0 aliphatic carbocycles. The number of hydrogen-bond donors (Lipinski definition) is 1. The van der Waals surface area contributed by atoms with E-state index in [9.17, 15) is 14.0 Å². The quantitative estimate of drug-likeness (QED) is 0.547. The lowest BCUT2D eigenvalue weighted by Gasteiger charge is -2.06. The van der Waals surface area contributed by atoms with Gasteiger partial charge in [0, 0.05) is 22.9 Å². The van der Waals surface area contributed by atoms with E-state index in [0.29, 0.717) is 34.1 Å². The molecule has 1 amide bonds. The predicted molar refractivity (Wildman–Crippen MR) is 109 cm³/mol. The molecule has 29 heavy (non-hydrogen) atoms. The molecule has 0 aliphatic rings. The van der Waals surface area contributed by atoms with Gasteiger partial charge in [0.2, 0.25) is 0 Å². The Hall–Kier alpha value is -3.26. The molecule has 8 heteroatoms. The van der Waals surface area contributed by atoms with Gasteiger partial charge in [-0.2, -0.15) is 0 Å². The number of nitrogens with one attached hydrogen (secondary N) is 1. The Balaban J connectivity index is 1.56. The number of ether oxygens (including phenoxy) is 2. The number of hydrogen-bond acceptors (Lipinski definition) is 6. The van der Waals surface area contributed by atoms with Gasteiger partial charge in [-0.25, -0.2) is 9.37 Å². The summed E-state index contributed by atoms with van der Waals surface area (Å²) in [5.74, 6) is -0.169. The molecule has 0 aliphatic heterocycles. The molecule has 0 radical (unpaired) electrons. The van der Waals surface area contributed by atoms with Crippen molar-refractivity contribution in [3.05, 3.63) is 59.2 Å². The number of carbonyl (C=O) groups excluding carboxylic acids is 2. The smallest absolute Gasteiger partial charge is 0.264 e. The minimum atomic E-state index is -0.483.